The molecular weight excluding hydrogens is 581 g/mol. The normalized spacial score (nSPS) is 12.0. The molecule has 12 heteroatoms. The first-order chi connectivity index (χ1) is 21.0. The summed E-state index contributed by atoms with van der Waals surface area (Å²) in [6, 6.07) is 21.1. The van der Waals surface area contributed by atoms with Crippen LogP contribution < -0.4 is 9.62 Å². The van der Waals surface area contributed by atoms with Gasteiger partial charge in [0.05, 0.1) is 45.4 Å². The van der Waals surface area contributed by atoms with E-state index in [2.05, 4.69) is 10.3 Å². The van der Waals surface area contributed by atoms with Crippen molar-refractivity contribution in [3.05, 3.63) is 96.2 Å². The fourth-order valence-electron chi connectivity index (χ4n) is 5.51. The van der Waals surface area contributed by atoms with Crippen LogP contribution in [0.1, 0.15) is 16.1 Å². The molecule has 0 bridgehead atoms. The van der Waals surface area contributed by atoms with Gasteiger partial charge in [0, 0.05) is 30.4 Å². The second-order valence-electron chi connectivity index (χ2n) is 10.7. The van der Waals surface area contributed by atoms with Gasteiger partial charge in [-0.05, 0) is 61.5 Å². The van der Waals surface area contributed by atoms with Crippen molar-refractivity contribution in [2.24, 2.45) is 0 Å². The van der Waals surface area contributed by atoms with E-state index in [-0.39, 0.29) is 11.7 Å². The number of nitrogens with zero attached hydrogens (tertiary/aromatic N) is 6. The van der Waals surface area contributed by atoms with Gasteiger partial charge in [-0.2, -0.15) is 5.10 Å². The van der Waals surface area contributed by atoms with Crippen molar-refractivity contribution in [2.45, 2.75) is 6.92 Å². The molecule has 0 aliphatic carbocycles. The van der Waals surface area contributed by atoms with Gasteiger partial charge in [-0.1, -0.05) is 23.8 Å². The topological polar surface area (TPSA) is 114 Å². The second-order valence-corrected chi connectivity index (χ2v) is 12.7. The van der Waals surface area contributed by atoms with Crippen LogP contribution >= 0.6 is 0 Å². The van der Waals surface area contributed by atoms with Crippen LogP contribution in [0.4, 0.5) is 10.1 Å². The second kappa shape index (κ2) is 9.85. The van der Waals surface area contributed by atoms with E-state index in [9.17, 15) is 17.6 Å². The van der Waals surface area contributed by atoms with E-state index in [0.717, 1.165) is 16.1 Å². The summed E-state index contributed by atoms with van der Waals surface area (Å²) in [5, 5.41) is 8.38. The molecule has 44 heavy (non-hydrogen) atoms. The molecule has 0 aliphatic rings. The van der Waals surface area contributed by atoms with Crippen LogP contribution in [0, 0.1) is 12.7 Å². The summed E-state index contributed by atoms with van der Waals surface area (Å²) in [5.74, 6) is -0.715. The van der Waals surface area contributed by atoms with E-state index >= 15 is 0 Å². The van der Waals surface area contributed by atoms with Gasteiger partial charge in [-0.25, -0.2) is 27.5 Å². The Morgan fingerprint density at radius 2 is 1.73 bits per heavy atom. The fraction of sp³-hybridized carbons (Fsp3) is 0.125. The van der Waals surface area contributed by atoms with E-state index in [1.165, 1.54) is 13.1 Å². The predicted molar refractivity (Wildman–Crippen MR) is 169 cm³/mol. The third-order valence-corrected chi connectivity index (χ3v) is 9.07. The number of aryl methyl sites for hydroxylation is 1. The molecule has 0 atom stereocenters. The van der Waals surface area contributed by atoms with E-state index in [1.807, 2.05) is 37.3 Å². The van der Waals surface area contributed by atoms with Crippen molar-refractivity contribution >= 4 is 60.0 Å². The number of nitrogens with one attached hydrogen (secondary N) is 1. The van der Waals surface area contributed by atoms with Gasteiger partial charge < -0.3 is 5.32 Å². The van der Waals surface area contributed by atoms with Gasteiger partial charge in [0.25, 0.3) is 5.91 Å². The molecule has 3 aromatic carbocycles. The van der Waals surface area contributed by atoms with Crippen LogP contribution in [0.25, 0.3) is 55.3 Å². The largest absolute Gasteiger partial charge is 0.354 e. The number of benzene rings is 3. The Hall–Kier alpha value is -5.36. The van der Waals surface area contributed by atoms with Gasteiger partial charge in [-0.15, -0.1) is 0 Å². The highest BCUT2D eigenvalue weighted by Gasteiger charge is 2.25. The minimum atomic E-state index is -3.70. The average molecular weight is 608 g/mol. The zero-order chi connectivity index (χ0) is 30.9. The summed E-state index contributed by atoms with van der Waals surface area (Å²) < 4.78 is 44.8. The molecule has 7 aromatic rings. The smallest absolute Gasteiger partial charge is 0.270 e. The van der Waals surface area contributed by atoms with E-state index < -0.39 is 10.0 Å². The van der Waals surface area contributed by atoms with Gasteiger partial charge in [-0.3, -0.25) is 13.5 Å². The Labute approximate surface area is 251 Å². The van der Waals surface area contributed by atoms with Crippen LogP contribution in [0.15, 0.2) is 79.1 Å². The number of hydrogen-bond donors (Lipinski definition) is 1. The van der Waals surface area contributed by atoms with Crippen molar-refractivity contribution in [1.29, 1.82) is 0 Å². The van der Waals surface area contributed by atoms with Gasteiger partial charge in [0.1, 0.15) is 23.4 Å². The minimum absolute atomic E-state index is 0.291. The first-order valence-electron chi connectivity index (χ1n) is 13.7. The number of aromatic nitrogens is 5. The van der Waals surface area contributed by atoms with Crippen molar-refractivity contribution in [2.75, 3.05) is 24.7 Å². The highest BCUT2D eigenvalue weighted by atomic mass is 32.2. The maximum absolute atomic E-state index is 14.7. The summed E-state index contributed by atoms with van der Waals surface area (Å²) in [6.07, 6.45) is 2.74. The van der Waals surface area contributed by atoms with Crippen LogP contribution in [0.5, 0.6) is 0 Å². The number of fused-ring (bicyclic) bond motifs is 6. The first kappa shape index (κ1) is 27.5. The average Bonchev–Trinajstić information content (AvgIpc) is 3.59. The maximum Gasteiger partial charge on any atom is 0.270 e. The molecule has 0 saturated carbocycles. The highest BCUT2D eigenvalue weighted by Crippen LogP contribution is 2.37. The quantitative estimate of drug-likeness (QED) is 0.286. The molecule has 0 spiro atoms. The number of rotatable bonds is 5. The molecule has 4 heterocycles. The summed E-state index contributed by atoms with van der Waals surface area (Å²) in [4.78, 5) is 22.8. The lowest BCUT2D eigenvalue weighted by Crippen LogP contribution is -2.25. The number of hydrogen-bond acceptors (Lipinski definition) is 6. The first-order valence-corrected chi connectivity index (χ1v) is 15.5. The summed E-state index contributed by atoms with van der Waals surface area (Å²) in [7, 11) is -0.701. The number of carbonyl (C=O) groups excluding carboxylic acids is 1. The number of anilines is 1. The minimum Gasteiger partial charge on any atom is -0.354 e. The number of halogens is 1. The van der Waals surface area contributed by atoms with Crippen molar-refractivity contribution in [3.63, 3.8) is 0 Å². The standard InChI is InChI=1S/C32H26FN7O3S/c1-18-8-10-19(11-9-18)40-31(32(41)34-2)22-14-21(28(16-26(22)37-40)38(3)44(4,42)43)24-12-13-25-30(36-24)29-15-20-23(33)6-5-7-27(20)39(29)17-35-25/h5-17H,1-4H3,(H,34,41). The predicted octanol–water partition coefficient (Wildman–Crippen LogP) is 5.24. The maximum atomic E-state index is 14.7. The van der Waals surface area contributed by atoms with Gasteiger partial charge >= 0.3 is 0 Å². The molecule has 0 fully saturated rings. The Kier molecular flexibility index (Phi) is 6.15. The lowest BCUT2D eigenvalue weighted by molar-refractivity contribution is 0.0957. The molecule has 0 saturated heterocycles. The number of pyridine rings is 1. The number of amides is 1. The lowest BCUT2D eigenvalue weighted by atomic mass is 10.0. The molecule has 1 amide bonds. The van der Waals surface area contributed by atoms with Crippen LogP contribution in [-0.4, -0.2) is 58.8 Å². The molecule has 1 N–H and O–H groups in total. The molecule has 7 rings (SSSR count). The highest BCUT2D eigenvalue weighted by molar-refractivity contribution is 7.92. The summed E-state index contributed by atoms with van der Waals surface area (Å²) in [5.41, 5.74) is 6.07. The van der Waals surface area contributed by atoms with Crippen LogP contribution in [0.3, 0.4) is 0 Å². The van der Waals surface area contributed by atoms with Crippen LogP contribution in [0.2, 0.25) is 0 Å². The Morgan fingerprint density at radius 3 is 2.45 bits per heavy atom. The van der Waals surface area contributed by atoms with Crippen molar-refractivity contribution < 1.29 is 17.6 Å². The third-order valence-electron chi connectivity index (χ3n) is 7.88. The molecular formula is C32H26FN7O3S. The zero-order valence-corrected chi connectivity index (χ0v) is 25.0. The Bertz CT molecular complexity index is 2420. The van der Waals surface area contributed by atoms with Crippen molar-refractivity contribution in [3.8, 4) is 16.9 Å². The monoisotopic (exact) mass is 607 g/mol. The van der Waals surface area contributed by atoms with E-state index in [1.54, 1.807) is 58.9 Å². The number of sulfonamides is 1. The molecule has 0 aliphatic heterocycles. The molecule has 4 aromatic heterocycles. The molecule has 0 unspecified atom stereocenters. The zero-order valence-electron chi connectivity index (χ0n) is 24.2. The Balaban J connectivity index is 1.54. The van der Waals surface area contributed by atoms with Gasteiger partial charge in [0.15, 0.2) is 0 Å². The van der Waals surface area contributed by atoms with Gasteiger partial charge in [0.2, 0.25) is 10.0 Å². The van der Waals surface area contributed by atoms with E-state index in [0.29, 0.717) is 66.7 Å². The van der Waals surface area contributed by atoms with Crippen LogP contribution in [-0.2, 0) is 10.0 Å². The molecule has 0 radical (unpaired) electrons. The molecule has 10 nitrogen and oxygen atoms in total. The fourth-order valence-corrected chi connectivity index (χ4v) is 6.02. The molecule has 220 valence electrons. The SMILES string of the molecule is CNC(=O)c1c2cc(-c3ccc4ncn5c6cccc(F)c6cc5c4n3)c(N(C)S(C)(=O)=O)cc2nn1-c1ccc(C)cc1. The van der Waals surface area contributed by atoms with Crippen molar-refractivity contribution in [1.82, 2.24) is 29.5 Å². The number of carbonyl (C=O) groups is 1. The lowest BCUT2D eigenvalue weighted by Gasteiger charge is -2.20. The summed E-state index contributed by atoms with van der Waals surface area (Å²) in [6.45, 7) is 1.97. The van der Waals surface area contributed by atoms with E-state index in [4.69, 9.17) is 10.1 Å². The Morgan fingerprint density at radius 1 is 0.955 bits per heavy atom. The summed E-state index contributed by atoms with van der Waals surface area (Å²) >= 11 is 0. The third kappa shape index (κ3) is 4.25.